The quantitative estimate of drug-likeness (QED) is 0.151. The summed E-state index contributed by atoms with van der Waals surface area (Å²) in [5.41, 5.74) is 2.54. The summed E-state index contributed by atoms with van der Waals surface area (Å²) in [6.45, 7) is 4.53. The van der Waals surface area contributed by atoms with Crippen molar-refractivity contribution in [3.05, 3.63) is 112 Å². The Kier molecular flexibility index (Phi) is 14.2. The van der Waals surface area contributed by atoms with Crippen molar-refractivity contribution in [2.45, 2.75) is 13.1 Å². The van der Waals surface area contributed by atoms with Crippen LogP contribution in [0, 0.1) is 0 Å². The number of alkyl halides is 3. The number of methoxy groups -OCH3 is 4. The Labute approximate surface area is 312 Å². The number of hydrogen-bond acceptors (Lipinski definition) is 7. The van der Waals surface area contributed by atoms with Gasteiger partial charge in [0.05, 0.1) is 47.2 Å². The molecular formula is C40H42ClF3N2O7. The molecule has 0 saturated carbocycles. The van der Waals surface area contributed by atoms with E-state index in [4.69, 9.17) is 35.3 Å². The third-order valence-electron chi connectivity index (χ3n) is 8.53. The minimum atomic E-state index is -4.51. The summed E-state index contributed by atoms with van der Waals surface area (Å²) in [5.74, 6) is 1.65. The third-order valence-corrected chi connectivity index (χ3v) is 8.79. The van der Waals surface area contributed by atoms with E-state index in [0.717, 1.165) is 28.8 Å². The Morgan fingerprint density at radius 3 is 1.92 bits per heavy atom. The molecule has 9 nitrogen and oxygen atoms in total. The van der Waals surface area contributed by atoms with Crippen molar-refractivity contribution in [3.8, 4) is 34.1 Å². The van der Waals surface area contributed by atoms with E-state index >= 15 is 0 Å². The molecule has 0 radical (unpaired) electrons. The number of benzene rings is 4. The van der Waals surface area contributed by atoms with Crippen LogP contribution in [0.5, 0.6) is 23.0 Å². The second-order valence-corrected chi connectivity index (χ2v) is 12.2. The number of ether oxygens (including phenoxy) is 5. The summed E-state index contributed by atoms with van der Waals surface area (Å²) >= 11 is 6.03. The normalized spacial score (nSPS) is 13.0. The Hall–Kier alpha value is -5.20. The molecule has 0 aliphatic carbocycles. The Balaban J connectivity index is 0.000000237. The molecule has 0 bridgehead atoms. The fourth-order valence-corrected chi connectivity index (χ4v) is 5.59. The van der Waals surface area contributed by atoms with Crippen LogP contribution < -0.4 is 18.9 Å². The molecule has 13 heteroatoms. The molecule has 0 spiro atoms. The maximum atomic E-state index is 13.2. The van der Waals surface area contributed by atoms with Gasteiger partial charge in [0.25, 0.3) is 5.91 Å². The van der Waals surface area contributed by atoms with Crippen molar-refractivity contribution in [3.63, 3.8) is 0 Å². The van der Waals surface area contributed by atoms with Crippen LogP contribution in [0.3, 0.4) is 0 Å². The molecular weight excluding hydrogens is 713 g/mol. The Bertz CT molecular complexity index is 1910. The zero-order valence-corrected chi connectivity index (χ0v) is 31.1. The van der Waals surface area contributed by atoms with Gasteiger partial charge in [-0.3, -0.25) is 9.59 Å². The number of amides is 2. The minimum Gasteiger partial charge on any atom is -0.493 e. The molecule has 1 aliphatic heterocycles. The fraction of sp³-hybridized carbons (Fsp3) is 0.300. The molecule has 0 atom stereocenters. The van der Waals surface area contributed by atoms with Crippen LogP contribution in [0.25, 0.3) is 16.7 Å². The van der Waals surface area contributed by atoms with E-state index in [1.807, 2.05) is 42.5 Å². The van der Waals surface area contributed by atoms with Crippen LogP contribution >= 0.6 is 11.6 Å². The fourth-order valence-electron chi connectivity index (χ4n) is 5.46. The van der Waals surface area contributed by atoms with Gasteiger partial charge in [-0.05, 0) is 89.3 Å². The molecule has 1 aliphatic rings. The van der Waals surface area contributed by atoms with Crippen LogP contribution in [-0.4, -0.2) is 89.9 Å². The van der Waals surface area contributed by atoms with E-state index in [1.165, 1.54) is 25.2 Å². The van der Waals surface area contributed by atoms with Gasteiger partial charge in [0.2, 0.25) is 5.91 Å². The van der Waals surface area contributed by atoms with Crippen molar-refractivity contribution >= 4 is 29.0 Å². The number of nitrogens with zero attached hydrogens (tertiary/aromatic N) is 2. The van der Waals surface area contributed by atoms with E-state index in [0.29, 0.717) is 66.4 Å². The molecule has 4 aromatic rings. The van der Waals surface area contributed by atoms with Gasteiger partial charge < -0.3 is 33.5 Å². The standard InChI is InChI=1S/C21H22ClNO4.C19H20F3NO3/c1-25-19-8-5-16(13-20(19)26-2)18(15-3-6-17(22)7-4-15)14-21(24)23-9-11-27-12-10-23;1-5-23(2)18(24)14-8-7-13(19(20,21)22)11-15(14)12-6-9-16(25-3)17(10-12)26-4/h3-8,13-14H,9-12H2,1-2H3;6-11H,5H2,1-4H3. The van der Waals surface area contributed by atoms with Crippen molar-refractivity contribution in [2.75, 3.05) is 68.3 Å². The predicted molar refractivity (Wildman–Crippen MR) is 198 cm³/mol. The molecule has 53 heavy (non-hydrogen) atoms. The monoisotopic (exact) mass is 754 g/mol. The van der Waals surface area contributed by atoms with Crippen LogP contribution in [0.2, 0.25) is 5.02 Å². The molecule has 0 unspecified atom stereocenters. The summed E-state index contributed by atoms with van der Waals surface area (Å²) in [4.78, 5) is 28.6. The number of halogens is 4. The maximum absolute atomic E-state index is 13.2. The van der Waals surface area contributed by atoms with Gasteiger partial charge in [-0.2, -0.15) is 13.2 Å². The summed E-state index contributed by atoms with van der Waals surface area (Å²) in [7, 11) is 7.68. The molecule has 4 aromatic carbocycles. The van der Waals surface area contributed by atoms with E-state index in [2.05, 4.69) is 0 Å². The van der Waals surface area contributed by atoms with E-state index in [9.17, 15) is 22.8 Å². The number of carbonyl (C=O) groups excluding carboxylic acids is 2. The van der Waals surface area contributed by atoms with Crippen molar-refractivity contribution in [1.29, 1.82) is 0 Å². The van der Waals surface area contributed by atoms with E-state index < -0.39 is 11.7 Å². The van der Waals surface area contributed by atoms with E-state index in [1.54, 1.807) is 57.4 Å². The first-order valence-corrected chi connectivity index (χ1v) is 17.0. The molecule has 5 rings (SSSR count). The maximum Gasteiger partial charge on any atom is 0.416 e. The summed E-state index contributed by atoms with van der Waals surface area (Å²) < 4.78 is 65.9. The lowest BCUT2D eigenvalue weighted by Gasteiger charge is -2.26. The zero-order valence-electron chi connectivity index (χ0n) is 30.4. The van der Waals surface area contributed by atoms with Crippen molar-refractivity contribution in [2.24, 2.45) is 0 Å². The molecule has 2 amide bonds. The SMILES string of the molecule is CCN(C)C(=O)c1ccc(C(F)(F)F)cc1-c1ccc(OC)c(OC)c1.COc1ccc(C(=CC(=O)N2CCOCC2)c2ccc(Cl)cc2)cc1OC. The average molecular weight is 755 g/mol. The van der Waals surface area contributed by atoms with Gasteiger partial charge in [0, 0.05) is 43.3 Å². The number of hydrogen-bond donors (Lipinski definition) is 0. The number of morpholine rings is 1. The van der Waals surface area contributed by atoms with Gasteiger partial charge in [-0.15, -0.1) is 0 Å². The summed E-state index contributed by atoms with van der Waals surface area (Å²) in [5, 5.41) is 0.643. The van der Waals surface area contributed by atoms with Gasteiger partial charge in [-0.25, -0.2) is 0 Å². The smallest absolute Gasteiger partial charge is 0.416 e. The lowest BCUT2D eigenvalue weighted by atomic mass is 9.95. The number of carbonyl (C=O) groups is 2. The highest BCUT2D eigenvalue weighted by atomic mass is 35.5. The van der Waals surface area contributed by atoms with E-state index in [-0.39, 0.29) is 22.9 Å². The second kappa shape index (κ2) is 18.5. The van der Waals surface area contributed by atoms with Crippen LogP contribution in [-0.2, 0) is 15.7 Å². The summed E-state index contributed by atoms with van der Waals surface area (Å²) in [6, 6.07) is 20.9. The van der Waals surface area contributed by atoms with Crippen LogP contribution in [0.4, 0.5) is 13.2 Å². The topological polar surface area (TPSA) is 86.8 Å². The second-order valence-electron chi connectivity index (χ2n) is 11.7. The van der Waals surface area contributed by atoms with Gasteiger partial charge in [0.15, 0.2) is 23.0 Å². The number of rotatable bonds is 10. The highest BCUT2D eigenvalue weighted by molar-refractivity contribution is 6.30. The molecule has 1 fully saturated rings. The third kappa shape index (κ3) is 10.2. The molecule has 0 N–H and O–H groups in total. The lowest BCUT2D eigenvalue weighted by molar-refractivity contribution is -0.137. The van der Waals surface area contributed by atoms with Crippen LogP contribution in [0.1, 0.15) is 34.0 Å². The van der Waals surface area contributed by atoms with Crippen molar-refractivity contribution < 1.29 is 46.4 Å². The van der Waals surface area contributed by atoms with Crippen LogP contribution in [0.15, 0.2) is 84.9 Å². The minimum absolute atomic E-state index is 0.0435. The first-order valence-electron chi connectivity index (χ1n) is 16.6. The molecule has 0 aromatic heterocycles. The zero-order chi connectivity index (χ0) is 38.7. The van der Waals surface area contributed by atoms with Gasteiger partial charge >= 0.3 is 6.18 Å². The van der Waals surface area contributed by atoms with Crippen molar-refractivity contribution in [1.82, 2.24) is 9.80 Å². The van der Waals surface area contributed by atoms with Gasteiger partial charge in [-0.1, -0.05) is 35.9 Å². The molecule has 1 saturated heterocycles. The molecule has 1 heterocycles. The van der Waals surface area contributed by atoms with Gasteiger partial charge in [0.1, 0.15) is 0 Å². The molecule has 282 valence electrons. The highest BCUT2D eigenvalue weighted by Crippen LogP contribution is 2.38. The summed E-state index contributed by atoms with van der Waals surface area (Å²) in [6.07, 6.45) is -2.85. The average Bonchev–Trinajstić information content (AvgIpc) is 3.19. The first-order chi connectivity index (χ1) is 25.3. The lowest BCUT2D eigenvalue weighted by Crippen LogP contribution is -2.39. The Morgan fingerprint density at radius 2 is 1.36 bits per heavy atom. The first kappa shape index (κ1) is 40.6. The Morgan fingerprint density at radius 1 is 0.792 bits per heavy atom. The predicted octanol–water partition coefficient (Wildman–Crippen LogP) is 8.13. The largest absolute Gasteiger partial charge is 0.493 e. The highest BCUT2D eigenvalue weighted by Gasteiger charge is 2.32.